The van der Waals surface area contributed by atoms with E-state index < -0.39 is 5.82 Å². The van der Waals surface area contributed by atoms with Crippen molar-refractivity contribution in [2.45, 2.75) is 13.1 Å². The molecular weight excluding hydrogens is 338 g/mol. The van der Waals surface area contributed by atoms with Crippen molar-refractivity contribution in [2.24, 2.45) is 0 Å². The second-order valence-corrected chi connectivity index (χ2v) is 6.15. The molecule has 0 spiro atoms. The Morgan fingerprint density at radius 2 is 1.85 bits per heavy atom. The first-order valence-corrected chi connectivity index (χ1v) is 8.33. The second-order valence-electron chi connectivity index (χ2n) is 6.15. The summed E-state index contributed by atoms with van der Waals surface area (Å²) in [7, 11) is 1.61. The zero-order valence-corrected chi connectivity index (χ0v) is 14.5. The summed E-state index contributed by atoms with van der Waals surface area (Å²) in [5, 5.41) is 0.329. The van der Waals surface area contributed by atoms with E-state index in [1.807, 2.05) is 0 Å². The molecule has 2 aromatic carbocycles. The van der Waals surface area contributed by atoms with Crippen LogP contribution in [-0.2, 0) is 17.8 Å². The molecule has 3 rings (SSSR count). The number of para-hydroxylation sites is 1. The SMILES string of the molecule is COCCN(Cc1ccc(F)cc1)Cc1cc(=O)c2cccc(F)c2[nH]1. The van der Waals surface area contributed by atoms with Gasteiger partial charge in [-0.2, -0.15) is 0 Å². The largest absolute Gasteiger partial charge is 0.383 e. The molecule has 0 radical (unpaired) electrons. The number of nitrogens with one attached hydrogen (secondary N) is 1. The van der Waals surface area contributed by atoms with Crippen molar-refractivity contribution >= 4 is 10.9 Å². The van der Waals surface area contributed by atoms with Crippen LogP contribution in [0.2, 0.25) is 0 Å². The number of methoxy groups -OCH3 is 1. The maximum Gasteiger partial charge on any atom is 0.189 e. The molecular formula is C20H20F2N2O2. The third kappa shape index (κ3) is 4.33. The van der Waals surface area contributed by atoms with E-state index in [4.69, 9.17) is 4.74 Å². The Morgan fingerprint density at radius 3 is 2.58 bits per heavy atom. The molecule has 0 bridgehead atoms. The minimum atomic E-state index is -0.455. The number of benzene rings is 2. The lowest BCUT2D eigenvalue weighted by molar-refractivity contribution is 0.139. The van der Waals surface area contributed by atoms with E-state index >= 15 is 0 Å². The number of halogens is 2. The highest BCUT2D eigenvalue weighted by molar-refractivity contribution is 5.78. The number of H-pyrrole nitrogens is 1. The number of hydrogen-bond acceptors (Lipinski definition) is 3. The predicted octanol–water partition coefficient (Wildman–Crippen LogP) is 3.45. The number of hydrogen-bond donors (Lipinski definition) is 1. The average molecular weight is 358 g/mol. The zero-order valence-electron chi connectivity index (χ0n) is 14.5. The lowest BCUT2D eigenvalue weighted by Crippen LogP contribution is -2.27. The van der Waals surface area contributed by atoms with Crippen LogP contribution in [-0.4, -0.2) is 30.1 Å². The molecule has 0 amide bonds. The van der Waals surface area contributed by atoms with Gasteiger partial charge in [0.05, 0.1) is 12.1 Å². The number of ether oxygens (including phenoxy) is 1. The molecule has 3 aromatic rings. The number of aromatic amines is 1. The Kier molecular flexibility index (Phi) is 5.75. The van der Waals surface area contributed by atoms with E-state index in [-0.39, 0.29) is 16.8 Å². The highest BCUT2D eigenvalue weighted by Crippen LogP contribution is 2.14. The summed E-state index contributed by atoms with van der Waals surface area (Å²) in [6.45, 7) is 2.10. The topological polar surface area (TPSA) is 45.3 Å². The summed E-state index contributed by atoms with van der Waals surface area (Å²) >= 11 is 0. The molecule has 136 valence electrons. The molecule has 1 aromatic heterocycles. The summed E-state index contributed by atoms with van der Waals surface area (Å²) in [5.41, 5.74) is 1.55. The Bertz CT molecular complexity index is 939. The monoisotopic (exact) mass is 358 g/mol. The third-order valence-electron chi connectivity index (χ3n) is 4.19. The van der Waals surface area contributed by atoms with Gasteiger partial charge in [-0.15, -0.1) is 0 Å². The summed E-state index contributed by atoms with van der Waals surface area (Å²) in [4.78, 5) is 17.3. The minimum absolute atomic E-state index is 0.212. The highest BCUT2D eigenvalue weighted by Gasteiger charge is 2.11. The van der Waals surface area contributed by atoms with E-state index in [1.165, 1.54) is 30.3 Å². The first-order valence-electron chi connectivity index (χ1n) is 8.33. The molecule has 0 fully saturated rings. The Balaban J connectivity index is 1.86. The number of rotatable bonds is 7. The van der Waals surface area contributed by atoms with E-state index in [0.717, 1.165) is 5.56 Å². The van der Waals surface area contributed by atoms with Gasteiger partial charge >= 0.3 is 0 Å². The molecule has 1 N–H and O–H groups in total. The summed E-state index contributed by atoms with van der Waals surface area (Å²) in [5.74, 6) is -0.741. The summed E-state index contributed by atoms with van der Waals surface area (Å²) in [6.07, 6.45) is 0. The number of aromatic nitrogens is 1. The van der Waals surface area contributed by atoms with E-state index in [9.17, 15) is 13.6 Å². The summed E-state index contributed by atoms with van der Waals surface area (Å²) < 4.78 is 32.3. The number of fused-ring (bicyclic) bond motifs is 1. The summed E-state index contributed by atoms with van der Waals surface area (Å²) in [6, 6.07) is 12.2. The van der Waals surface area contributed by atoms with Gasteiger partial charge in [0.2, 0.25) is 0 Å². The molecule has 0 aliphatic rings. The number of nitrogens with zero attached hydrogens (tertiary/aromatic N) is 1. The zero-order chi connectivity index (χ0) is 18.5. The fourth-order valence-corrected chi connectivity index (χ4v) is 2.90. The van der Waals surface area contributed by atoms with E-state index in [2.05, 4.69) is 9.88 Å². The van der Waals surface area contributed by atoms with Gasteiger partial charge in [-0.3, -0.25) is 9.69 Å². The van der Waals surface area contributed by atoms with Gasteiger partial charge in [-0.05, 0) is 29.8 Å². The first kappa shape index (κ1) is 18.2. The van der Waals surface area contributed by atoms with Crippen molar-refractivity contribution in [3.8, 4) is 0 Å². The first-order chi connectivity index (χ1) is 12.6. The van der Waals surface area contributed by atoms with Crippen LogP contribution in [0.15, 0.2) is 53.3 Å². The van der Waals surface area contributed by atoms with Crippen LogP contribution in [0, 0.1) is 11.6 Å². The molecule has 0 unspecified atom stereocenters. The van der Waals surface area contributed by atoms with Gasteiger partial charge in [0, 0.05) is 43.9 Å². The average Bonchev–Trinajstić information content (AvgIpc) is 2.62. The van der Waals surface area contributed by atoms with Gasteiger partial charge in [0.15, 0.2) is 5.43 Å². The number of pyridine rings is 1. The molecule has 0 atom stereocenters. The van der Waals surface area contributed by atoms with Crippen LogP contribution >= 0.6 is 0 Å². The van der Waals surface area contributed by atoms with Crippen LogP contribution < -0.4 is 5.43 Å². The van der Waals surface area contributed by atoms with Crippen molar-refractivity contribution in [1.29, 1.82) is 0 Å². The van der Waals surface area contributed by atoms with Crippen molar-refractivity contribution in [3.63, 3.8) is 0 Å². The highest BCUT2D eigenvalue weighted by atomic mass is 19.1. The Labute approximate surface area is 150 Å². The molecule has 0 saturated heterocycles. The van der Waals surface area contributed by atoms with E-state index in [1.54, 1.807) is 25.3 Å². The van der Waals surface area contributed by atoms with Gasteiger partial charge in [-0.25, -0.2) is 8.78 Å². The van der Waals surface area contributed by atoms with Gasteiger partial charge in [0.1, 0.15) is 11.6 Å². The van der Waals surface area contributed by atoms with E-state index in [0.29, 0.717) is 37.3 Å². The van der Waals surface area contributed by atoms with Crippen molar-refractivity contribution in [1.82, 2.24) is 9.88 Å². The van der Waals surface area contributed by atoms with Crippen molar-refractivity contribution in [2.75, 3.05) is 20.3 Å². The fourth-order valence-electron chi connectivity index (χ4n) is 2.90. The Morgan fingerprint density at radius 1 is 1.08 bits per heavy atom. The quantitative estimate of drug-likeness (QED) is 0.704. The molecule has 4 nitrogen and oxygen atoms in total. The molecule has 0 aliphatic heterocycles. The van der Waals surface area contributed by atoms with Crippen LogP contribution in [0.1, 0.15) is 11.3 Å². The Hall–Kier alpha value is -2.57. The van der Waals surface area contributed by atoms with Gasteiger partial charge in [-0.1, -0.05) is 18.2 Å². The molecule has 0 aliphatic carbocycles. The smallest absolute Gasteiger partial charge is 0.189 e. The molecule has 6 heteroatoms. The maximum atomic E-state index is 14.0. The minimum Gasteiger partial charge on any atom is -0.383 e. The van der Waals surface area contributed by atoms with Gasteiger partial charge < -0.3 is 9.72 Å². The normalized spacial score (nSPS) is 11.4. The lowest BCUT2D eigenvalue weighted by atomic mass is 10.1. The van der Waals surface area contributed by atoms with Crippen LogP contribution in [0.5, 0.6) is 0 Å². The molecule has 0 saturated carbocycles. The maximum absolute atomic E-state index is 14.0. The van der Waals surface area contributed by atoms with Crippen LogP contribution in [0.3, 0.4) is 0 Å². The lowest BCUT2D eigenvalue weighted by Gasteiger charge is -2.22. The van der Waals surface area contributed by atoms with Crippen molar-refractivity contribution < 1.29 is 13.5 Å². The fraction of sp³-hybridized carbons (Fsp3) is 0.250. The standard InChI is InChI=1S/C20H20F2N2O2/c1-26-10-9-24(12-14-5-7-15(21)8-6-14)13-16-11-19(25)17-3-2-4-18(22)20(17)23-16/h2-8,11H,9-10,12-13H2,1H3,(H,23,25). The predicted molar refractivity (Wildman–Crippen MR) is 96.9 cm³/mol. The third-order valence-corrected chi connectivity index (χ3v) is 4.19. The van der Waals surface area contributed by atoms with Crippen LogP contribution in [0.4, 0.5) is 8.78 Å². The van der Waals surface area contributed by atoms with Crippen molar-refractivity contribution in [3.05, 3.63) is 81.6 Å². The van der Waals surface area contributed by atoms with Crippen LogP contribution in [0.25, 0.3) is 10.9 Å². The second kappa shape index (κ2) is 8.21. The molecule has 1 heterocycles. The van der Waals surface area contributed by atoms with Gasteiger partial charge in [0.25, 0.3) is 0 Å². The molecule has 26 heavy (non-hydrogen) atoms.